The van der Waals surface area contributed by atoms with E-state index >= 15 is 0 Å². The fourth-order valence-corrected chi connectivity index (χ4v) is 3.91. The van der Waals surface area contributed by atoms with Crippen LogP contribution < -0.4 is 10.2 Å². The van der Waals surface area contributed by atoms with E-state index in [-0.39, 0.29) is 11.8 Å². The molecule has 3 rings (SSSR count). The number of thioether (sulfide) groups is 1. The number of hydrogen-bond acceptors (Lipinski definition) is 6. The van der Waals surface area contributed by atoms with Gasteiger partial charge in [0, 0.05) is 30.8 Å². The van der Waals surface area contributed by atoms with Crippen molar-refractivity contribution in [3.63, 3.8) is 0 Å². The van der Waals surface area contributed by atoms with E-state index in [1.165, 1.54) is 12.8 Å². The van der Waals surface area contributed by atoms with Gasteiger partial charge in [-0.2, -0.15) is 5.10 Å². The van der Waals surface area contributed by atoms with Crippen LogP contribution in [0.25, 0.3) is 11.0 Å². The van der Waals surface area contributed by atoms with Crippen LogP contribution in [0.5, 0.6) is 0 Å². The van der Waals surface area contributed by atoms with E-state index in [0.717, 1.165) is 35.1 Å². The molecule has 28 heavy (non-hydrogen) atoms. The first-order chi connectivity index (χ1) is 13.3. The van der Waals surface area contributed by atoms with Gasteiger partial charge in [0.05, 0.1) is 23.5 Å². The molecule has 154 valence electrons. The maximum absolute atomic E-state index is 12.2. The van der Waals surface area contributed by atoms with Crippen LogP contribution in [-0.2, 0) is 11.3 Å². The smallest absolute Gasteiger partial charge is 0.226 e. The monoisotopic (exact) mass is 424 g/mol. The fourth-order valence-electron chi connectivity index (χ4n) is 3.09. The highest BCUT2D eigenvalue weighted by Crippen LogP contribution is 2.30. The molecule has 0 atom stereocenters. The Morgan fingerprint density at radius 1 is 1.32 bits per heavy atom. The number of hydrogen-bond donors (Lipinski definition) is 1. The first-order valence-corrected chi connectivity index (χ1v) is 11.2. The predicted octanol–water partition coefficient (Wildman–Crippen LogP) is 3.31. The molecular weight excluding hydrogens is 396 g/mol. The second-order valence-electron chi connectivity index (χ2n) is 8.07. The average molecular weight is 425 g/mol. The minimum absolute atomic E-state index is 0.0533. The summed E-state index contributed by atoms with van der Waals surface area (Å²) in [7, 11) is 0. The molecule has 0 spiro atoms. The molecule has 3 heterocycles. The highest BCUT2D eigenvalue weighted by Gasteiger charge is 2.26. The Morgan fingerprint density at radius 3 is 2.68 bits per heavy atom. The van der Waals surface area contributed by atoms with Crippen LogP contribution in [0.4, 0.5) is 5.82 Å². The summed E-state index contributed by atoms with van der Waals surface area (Å²) in [4.78, 5) is 24.1. The third-order valence-electron chi connectivity index (χ3n) is 4.76. The van der Waals surface area contributed by atoms with Crippen LogP contribution >= 0.6 is 23.4 Å². The number of carbonyl (C=O) groups is 1. The lowest BCUT2D eigenvalue weighted by atomic mass is 9.95. The predicted molar refractivity (Wildman–Crippen MR) is 115 cm³/mol. The summed E-state index contributed by atoms with van der Waals surface area (Å²) in [5.41, 5.74) is 0.241. The highest BCUT2D eigenvalue weighted by atomic mass is 35.5. The number of anilines is 1. The number of carbonyl (C=O) groups excluding carboxylic acids is 1. The number of halogens is 1. The van der Waals surface area contributed by atoms with E-state index in [4.69, 9.17) is 21.6 Å². The van der Waals surface area contributed by atoms with E-state index in [1.54, 1.807) is 11.8 Å². The topological polar surface area (TPSA) is 75.9 Å². The fraction of sp³-hybridized carbons (Fsp3) is 0.684. The Morgan fingerprint density at radius 2 is 2.04 bits per heavy atom. The van der Waals surface area contributed by atoms with Crippen LogP contribution in [0.1, 0.15) is 40.5 Å². The molecule has 1 N–H and O–H groups in total. The van der Waals surface area contributed by atoms with E-state index in [9.17, 15) is 4.79 Å². The summed E-state index contributed by atoms with van der Waals surface area (Å²) in [6, 6.07) is 0. The van der Waals surface area contributed by atoms with E-state index in [1.807, 2.05) is 24.7 Å². The van der Waals surface area contributed by atoms with Crippen molar-refractivity contribution in [1.29, 1.82) is 0 Å². The van der Waals surface area contributed by atoms with Gasteiger partial charge in [-0.15, -0.1) is 11.6 Å². The molecule has 7 nitrogen and oxygen atoms in total. The van der Waals surface area contributed by atoms with Crippen molar-refractivity contribution in [3.05, 3.63) is 6.20 Å². The zero-order valence-corrected chi connectivity index (χ0v) is 18.6. The molecule has 1 saturated heterocycles. The van der Waals surface area contributed by atoms with Gasteiger partial charge in [0.1, 0.15) is 5.82 Å². The average Bonchev–Trinajstić information content (AvgIpc) is 3.31. The van der Waals surface area contributed by atoms with Gasteiger partial charge in [0.25, 0.3) is 0 Å². The maximum Gasteiger partial charge on any atom is 0.226 e. The minimum Gasteiger partial charge on any atom is -0.356 e. The molecule has 9 heteroatoms. The van der Waals surface area contributed by atoms with Crippen LogP contribution in [0.15, 0.2) is 11.4 Å². The Bertz CT molecular complexity index is 831. The third-order valence-corrected chi connectivity index (χ3v) is 6.29. The molecule has 0 saturated carbocycles. The van der Waals surface area contributed by atoms with Crippen LogP contribution in [-0.4, -0.2) is 56.4 Å². The van der Waals surface area contributed by atoms with Gasteiger partial charge >= 0.3 is 0 Å². The number of amides is 1. The lowest BCUT2D eigenvalue weighted by Crippen LogP contribution is -2.39. The molecule has 2 aromatic heterocycles. The van der Waals surface area contributed by atoms with Crippen molar-refractivity contribution in [2.24, 2.45) is 5.41 Å². The van der Waals surface area contributed by atoms with Crippen molar-refractivity contribution in [2.75, 3.05) is 30.4 Å². The maximum atomic E-state index is 12.2. The van der Waals surface area contributed by atoms with Crippen LogP contribution in [0.2, 0.25) is 0 Å². The summed E-state index contributed by atoms with van der Waals surface area (Å²) >= 11 is 7.54. The first-order valence-electron chi connectivity index (χ1n) is 9.81. The van der Waals surface area contributed by atoms with Crippen LogP contribution in [0.3, 0.4) is 0 Å². The third kappa shape index (κ3) is 4.71. The quantitative estimate of drug-likeness (QED) is 0.398. The van der Waals surface area contributed by atoms with Gasteiger partial charge in [0.15, 0.2) is 10.8 Å². The molecule has 0 radical (unpaired) electrons. The summed E-state index contributed by atoms with van der Waals surface area (Å²) < 4.78 is 1.86. The highest BCUT2D eigenvalue weighted by molar-refractivity contribution is 7.99. The summed E-state index contributed by atoms with van der Waals surface area (Å²) in [5.74, 6) is 1.21. The molecule has 0 aromatic carbocycles. The van der Waals surface area contributed by atoms with E-state index < -0.39 is 5.41 Å². The number of fused-ring (bicyclic) bond motifs is 1. The van der Waals surface area contributed by atoms with Gasteiger partial charge in [-0.1, -0.05) is 25.6 Å². The lowest BCUT2D eigenvalue weighted by Gasteiger charge is -2.20. The van der Waals surface area contributed by atoms with Crippen molar-refractivity contribution < 1.29 is 4.79 Å². The number of nitrogens with zero attached hydrogens (tertiary/aromatic N) is 5. The standard InChI is InChI=1S/C19H29ClN6OS/c1-13(2)28-18-23-15(25-8-5-6-9-25)14-11-22-26(16(14)24-18)10-7-21-17(27)19(3,4)12-20/h11,13H,5-10,12H2,1-4H3,(H,21,27). The zero-order valence-electron chi connectivity index (χ0n) is 17.0. The molecule has 1 fully saturated rings. The Kier molecular flexibility index (Phi) is 6.70. The van der Waals surface area contributed by atoms with Crippen molar-refractivity contribution in [3.8, 4) is 0 Å². The molecule has 1 aliphatic rings. The summed E-state index contributed by atoms with van der Waals surface area (Å²) in [5, 5.41) is 9.63. The van der Waals surface area contributed by atoms with Crippen LogP contribution in [0, 0.1) is 5.41 Å². The molecular formula is C19H29ClN6OS. The second-order valence-corrected chi connectivity index (χ2v) is 9.88. The second kappa shape index (κ2) is 8.86. The Labute approximate surface area is 175 Å². The molecule has 1 amide bonds. The molecule has 1 aliphatic heterocycles. The molecule has 0 bridgehead atoms. The largest absolute Gasteiger partial charge is 0.356 e. The SMILES string of the molecule is CC(C)Sc1nc(N2CCCC2)c2cnn(CCNC(=O)C(C)(C)CCl)c2n1. The lowest BCUT2D eigenvalue weighted by molar-refractivity contribution is -0.128. The number of nitrogens with one attached hydrogen (secondary N) is 1. The van der Waals surface area contributed by atoms with E-state index in [2.05, 4.69) is 29.2 Å². The van der Waals surface area contributed by atoms with Crippen molar-refractivity contribution in [1.82, 2.24) is 25.1 Å². The number of aromatic nitrogens is 4. The van der Waals surface area contributed by atoms with Crippen molar-refractivity contribution in [2.45, 2.75) is 57.5 Å². The molecule has 2 aromatic rings. The summed E-state index contributed by atoms with van der Waals surface area (Å²) in [6.07, 6.45) is 4.22. The van der Waals surface area contributed by atoms with Crippen molar-refractivity contribution >= 4 is 46.1 Å². The molecule has 0 unspecified atom stereocenters. The summed E-state index contributed by atoms with van der Waals surface area (Å²) in [6.45, 7) is 11.0. The van der Waals surface area contributed by atoms with Gasteiger partial charge in [-0.3, -0.25) is 4.79 Å². The zero-order chi connectivity index (χ0) is 20.3. The Balaban J connectivity index is 1.83. The Hall–Kier alpha value is -1.54. The normalized spacial score (nSPS) is 15.0. The van der Waals surface area contributed by atoms with Gasteiger partial charge < -0.3 is 10.2 Å². The first kappa shape index (κ1) is 21.2. The van der Waals surface area contributed by atoms with Gasteiger partial charge in [-0.05, 0) is 26.7 Å². The number of rotatable bonds is 8. The van der Waals surface area contributed by atoms with E-state index in [0.29, 0.717) is 18.3 Å². The number of alkyl halides is 1. The van der Waals surface area contributed by atoms with Gasteiger partial charge in [0.2, 0.25) is 5.91 Å². The minimum atomic E-state index is -0.583. The molecule has 0 aliphatic carbocycles. The van der Waals surface area contributed by atoms with Gasteiger partial charge in [-0.25, -0.2) is 14.6 Å².